The number of aliphatic imine (C=N–C) groups is 4. The fourth-order valence-corrected chi connectivity index (χ4v) is 5.05. The summed E-state index contributed by atoms with van der Waals surface area (Å²) in [6.07, 6.45) is 5.55. The van der Waals surface area contributed by atoms with Gasteiger partial charge in [-0.2, -0.15) is 0 Å². The molecule has 0 saturated carbocycles. The monoisotopic (exact) mass is 514 g/mol. The van der Waals surface area contributed by atoms with Crippen LogP contribution in [0.4, 0.5) is 22.7 Å². The third kappa shape index (κ3) is 5.07. The molecule has 2 aliphatic heterocycles. The van der Waals surface area contributed by atoms with Crippen LogP contribution in [0.1, 0.15) is 33.4 Å². The molecule has 4 nitrogen and oxygen atoms in total. The van der Waals surface area contributed by atoms with Crippen molar-refractivity contribution in [1.29, 1.82) is 0 Å². The first-order valence-corrected chi connectivity index (χ1v) is 13.5. The zero-order chi connectivity index (χ0) is 26.7. The van der Waals surface area contributed by atoms with Gasteiger partial charge in [0.05, 0.1) is 34.2 Å². The van der Waals surface area contributed by atoms with Crippen LogP contribution in [0.2, 0.25) is 0 Å². The molecule has 0 bridgehead atoms. The first kappa shape index (κ1) is 23.9. The number of hydrogen-bond acceptors (Lipinski definition) is 4. The van der Waals surface area contributed by atoms with Crippen LogP contribution in [0, 0.1) is 0 Å². The Hall–Kier alpha value is -5.22. The van der Waals surface area contributed by atoms with Gasteiger partial charge in [0.25, 0.3) is 0 Å². The van der Waals surface area contributed by atoms with Gasteiger partial charge in [-0.1, -0.05) is 84.9 Å². The van der Waals surface area contributed by atoms with Crippen LogP contribution in [0.5, 0.6) is 0 Å². The summed E-state index contributed by atoms with van der Waals surface area (Å²) in [5, 5.41) is 0. The van der Waals surface area contributed by atoms with Crippen molar-refractivity contribution in [2.45, 2.75) is 12.8 Å². The van der Waals surface area contributed by atoms with Gasteiger partial charge >= 0.3 is 0 Å². The van der Waals surface area contributed by atoms with Crippen LogP contribution in [-0.2, 0) is 12.8 Å². The van der Waals surface area contributed by atoms with E-state index in [0.717, 1.165) is 69.3 Å². The van der Waals surface area contributed by atoms with Crippen molar-refractivity contribution in [3.63, 3.8) is 0 Å². The number of rotatable bonds is 6. The van der Waals surface area contributed by atoms with Crippen molar-refractivity contribution in [2.75, 3.05) is 0 Å². The summed E-state index contributed by atoms with van der Waals surface area (Å²) >= 11 is 0. The summed E-state index contributed by atoms with van der Waals surface area (Å²) in [7, 11) is 0. The van der Waals surface area contributed by atoms with Gasteiger partial charge in [0.2, 0.25) is 0 Å². The maximum atomic E-state index is 4.78. The average molecular weight is 515 g/mol. The van der Waals surface area contributed by atoms with Gasteiger partial charge in [0, 0.05) is 25.3 Å². The number of hydrogen-bond donors (Lipinski definition) is 0. The van der Waals surface area contributed by atoms with Crippen LogP contribution in [0.25, 0.3) is 0 Å². The van der Waals surface area contributed by atoms with E-state index in [2.05, 4.69) is 94.9 Å². The Morgan fingerprint density at radius 3 is 1.25 bits per heavy atom. The largest absolute Gasteiger partial charge is 0.256 e. The highest BCUT2D eigenvalue weighted by Crippen LogP contribution is 2.29. The Labute approximate surface area is 233 Å². The second-order valence-corrected chi connectivity index (χ2v) is 10.0. The minimum atomic E-state index is 0.884. The molecule has 0 amide bonds. The van der Waals surface area contributed by atoms with Crippen molar-refractivity contribution in [3.05, 3.63) is 155 Å². The third-order valence-corrected chi connectivity index (χ3v) is 7.27. The Morgan fingerprint density at radius 1 is 0.450 bits per heavy atom. The van der Waals surface area contributed by atoms with E-state index >= 15 is 0 Å². The lowest BCUT2D eigenvalue weighted by atomic mass is 10.0. The van der Waals surface area contributed by atoms with Crippen LogP contribution in [0.3, 0.4) is 0 Å². The predicted octanol–water partition coefficient (Wildman–Crippen LogP) is 8.54. The van der Waals surface area contributed by atoms with E-state index < -0.39 is 0 Å². The third-order valence-electron chi connectivity index (χ3n) is 7.27. The summed E-state index contributed by atoms with van der Waals surface area (Å²) in [6, 6.07) is 41.4. The fraction of sp³-hybridized carbons (Fsp3) is 0.0556. The summed E-state index contributed by atoms with van der Waals surface area (Å²) < 4.78 is 0. The minimum absolute atomic E-state index is 0.884. The van der Waals surface area contributed by atoms with E-state index in [1.54, 1.807) is 0 Å². The Morgan fingerprint density at radius 2 is 0.850 bits per heavy atom. The number of benzene rings is 5. The van der Waals surface area contributed by atoms with Gasteiger partial charge in [-0.25, -0.2) is 0 Å². The molecule has 0 spiro atoms. The van der Waals surface area contributed by atoms with Gasteiger partial charge < -0.3 is 0 Å². The van der Waals surface area contributed by atoms with Gasteiger partial charge in [-0.15, -0.1) is 0 Å². The average Bonchev–Trinajstić information content (AvgIpc) is 3.65. The SMILES string of the molecule is C(=Nc1ccc(N=Cc2ccc(C3=Nc4ccccc4C3)cc2)cc1)c1ccc(C2=Nc3ccccc3C2)cc1. The molecule has 5 aromatic rings. The quantitative estimate of drug-likeness (QED) is 0.204. The van der Waals surface area contributed by atoms with E-state index in [-0.39, 0.29) is 0 Å². The zero-order valence-electron chi connectivity index (χ0n) is 21.9. The maximum absolute atomic E-state index is 4.78. The Bertz CT molecular complexity index is 1670. The van der Waals surface area contributed by atoms with E-state index in [4.69, 9.17) is 9.98 Å². The maximum Gasteiger partial charge on any atom is 0.0669 e. The van der Waals surface area contributed by atoms with Crippen molar-refractivity contribution in [2.24, 2.45) is 20.0 Å². The molecular formula is C36H26N4. The normalized spacial score (nSPS) is 13.9. The lowest BCUT2D eigenvalue weighted by Gasteiger charge is -2.02. The molecule has 0 fully saturated rings. The molecule has 0 saturated heterocycles. The van der Waals surface area contributed by atoms with Crippen LogP contribution >= 0.6 is 0 Å². The van der Waals surface area contributed by atoms with Crippen LogP contribution < -0.4 is 0 Å². The van der Waals surface area contributed by atoms with Crippen molar-refractivity contribution in [3.8, 4) is 0 Å². The molecule has 5 aromatic carbocycles. The van der Waals surface area contributed by atoms with Crippen molar-refractivity contribution >= 4 is 46.6 Å². The molecule has 2 aliphatic rings. The van der Waals surface area contributed by atoms with Gasteiger partial charge in [-0.05, 0) is 69.8 Å². The highest BCUT2D eigenvalue weighted by molar-refractivity contribution is 6.07. The number of fused-ring (bicyclic) bond motifs is 2. The molecule has 0 atom stereocenters. The van der Waals surface area contributed by atoms with Crippen molar-refractivity contribution in [1.82, 2.24) is 0 Å². The highest BCUT2D eigenvalue weighted by Gasteiger charge is 2.16. The summed E-state index contributed by atoms with van der Waals surface area (Å²) in [5.74, 6) is 0. The Kier molecular flexibility index (Phi) is 6.27. The first-order chi connectivity index (χ1) is 19.8. The van der Waals surface area contributed by atoms with E-state index in [0.29, 0.717) is 0 Å². The second-order valence-electron chi connectivity index (χ2n) is 10.0. The molecule has 4 heteroatoms. The smallest absolute Gasteiger partial charge is 0.0669 e. The first-order valence-electron chi connectivity index (χ1n) is 13.5. The van der Waals surface area contributed by atoms with Gasteiger partial charge in [0.1, 0.15) is 0 Å². The number of para-hydroxylation sites is 2. The second kappa shape index (κ2) is 10.5. The fourth-order valence-electron chi connectivity index (χ4n) is 5.05. The predicted molar refractivity (Wildman–Crippen MR) is 167 cm³/mol. The van der Waals surface area contributed by atoms with Gasteiger partial charge in [0.15, 0.2) is 0 Å². The molecule has 40 heavy (non-hydrogen) atoms. The molecule has 0 unspecified atom stereocenters. The highest BCUT2D eigenvalue weighted by atomic mass is 14.8. The summed E-state index contributed by atoms with van der Waals surface area (Å²) in [5.41, 5.74) is 13.2. The molecule has 0 aromatic heterocycles. The lowest BCUT2D eigenvalue weighted by molar-refractivity contribution is 1.39. The molecular weight excluding hydrogens is 488 g/mol. The lowest BCUT2D eigenvalue weighted by Crippen LogP contribution is -2.00. The van der Waals surface area contributed by atoms with Crippen molar-refractivity contribution < 1.29 is 0 Å². The summed E-state index contributed by atoms with van der Waals surface area (Å²) in [6.45, 7) is 0. The number of nitrogens with zero attached hydrogens (tertiary/aromatic N) is 4. The molecule has 7 rings (SSSR count). The Balaban J connectivity index is 0.960. The standard InChI is InChI=1S/C36H26N4/c1-3-7-33-29(5-1)21-35(39-33)27-13-9-25(10-14-27)23-37-31-17-19-32(20-18-31)38-24-26-11-15-28(16-12-26)36-22-30-6-2-4-8-34(30)40-36/h1-20,23-24H,21-22H2. The topological polar surface area (TPSA) is 49.4 Å². The molecule has 0 N–H and O–H groups in total. The molecule has 0 aliphatic carbocycles. The van der Waals surface area contributed by atoms with Crippen LogP contribution in [-0.4, -0.2) is 23.9 Å². The zero-order valence-corrected chi connectivity index (χ0v) is 21.9. The summed E-state index contributed by atoms with van der Waals surface area (Å²) in [4.78, 5) is 18.8. The van der Waals surface area contributed by atoms with E-state index in [1.165, 1.54) is 11.1 Å². The molecule has 2 heterocycles. The molecule has 190 valence electrons. The van der Waals surface area contributed by atoms with Gasteiger partial charge in [-0.3, -0.25) is 20.0 Å². The molecule has 0 radical (unpaired) electrons. The van der Waals surface area contributed by atoms with E-state index in [1.807, 2.05) is 48.8 Å². The minimum Gasteiger partial charge on any atom is -0.256 e. The van der Waals surface area contributed by atoms with Crippen LogP contribution in [0.15, 0.2) is 141 Å². The van der Waals surface area contributed by atoms with E-state index in [9.17, 15) is 0 Å².